The Hall–Kier alpha value is -2.67. The van der Waals surface area contributed by atoms with E-state index in [1.54, 1.807) is 20.8 Å². The molecule has 0 saturated carbocycles. The zero-order chi connectivity index (χ0) is 22.2. The largest absolute Gasteiger partial charge is 0.411 e. The van der Waals surface area contributed by atoms with Gasteiger partial charge in [0, 0.05) is 16.8 Å². The molecule has 0 fully saturated rings. The van der Waals surface area contributed by atoms with Gasteiger partial charge in [-0.25, -0.2) is 0 Å². The molecule has 0 saturated heterocycles. The molecule has 1 N–H and O–H groups in total. The number of nitrogens with one attached hydrogen (secondary N) is 1. The van der Waals surface area contributed by atoms with E-state index in [4.69, 9.17) is 4.42 Å². The average Bonchev–Trinajstić information content (AvgIpc) is 3.24. The number of thioether (sulfide) groups is 1. The number of aryl methyl sites for hydroxylation is 1. The number of aromatic amines is 1. The summed E-state index contributed by atoms with van der Waals surface area (Å²) in [5.74, 6) is 0.255. The monoisotopic (exact) mass is 425 g/mol. The highest BCUT2D eigenvalue weighted by Crippen LogP contribution is 2.30. The number of ketones is 2. The van der Waals surface area contributed by atoms with Crippen molar-refractivity contribution in [1.29, 1.82) is 0 Å². The molecular weight excluding hydrogens is 398 g/mol. The van der Waals surface area contributed by atoms with Crippen LogP contribution in [0.5, 0.6) is 0 Å². The highest BCUT2D eigenvalue weighted by atomic mass is 32.2. The Kier molecular flexibility index (Phi) is 6.04. The maximum atomic E-state index is 12.9. The first-order valence-corrected chi connectivity index (χ1v) is 10.7. The van der Waals surface area contributed by atoms with Crippen LogP contribution in [0.1, 0.15) is 72.3 Å². The third-order valence-corrected chi connectivity index (χ3v) is 6.02. The van der Waals surface area contributed by atoms with E-state index in [9.17, 15) is 9.59 Å². The Morgan fingerprint density at radius 2 is 1.73 bits per heavy atom. The quantitative estimate of drug-likeness (QED) is 0.412. The van der Waals surface area contributed by atoms with Gasteiger partial charge in [0.05, 0.1) is 10.9 Å². The van der Waals surface area contributed by atoms with Crippen LogP contribution in [0.2, 0.25) is 0 Å². The minimum Gasteiger partial charge on any atom is -0.411 e. The molecule has 3 rings (SSSR count). The fourth-order valence-corrected chi connectivity index (χ4v) is 4.16. The van der Waals surface area contributed by atoms with Crippen LogP contribution >= 0.6 is 11.8 Å². The van der Waals surface area contributed by atoms with Gasteiger partial charge in [-0.05, 0) is 56.4 Å². The summed E-state index contributed by atoms with van der Waals surface area (Å²) in [4.78, 5) is 27.8. The number of hydrogen-bond donors (Lipinski definition) is 1. The van der Waals surface area contributed by atoms with Crippen molar-refractivity contribution in [1.82, 2.24) is 15.2 Å². The van der Waals surface area contributed by atoms with Crippen LogP contribution < -0.4 is 0 Å². The summed E-state index contributed by atoms with van der Waals surface area (Å²) >= 11 is 1.21. The molecule has 0 radical (unpaired) electrons. The minimum absolute atomic E-state index is 0.0559. The predicted molar refractivity (Wildman–Crippen MR) is 118 cm³/mol. The van der Waals surface area contributed by atoms with Gasteiger partial charge in [0.15, 0.2) is 11.6 Å². The van der Waals surface area contributed by atoms with Gasteiger partial charge < -0.3 is 9.40 Å². The van der Waals surface area contributed by atoms with Crippen molar-refractivity contribution in [2.45, 2.75) is 64.4 Å². The number of rotatable bonds is 6. The maximum absolute atomic E-state index is 12.9. The molecular formula is C23H27N3O3S. The molecule has 6 nitrogen and oxygen atoms in total. The topological polar surface area (TPSA) is 88.9 Å². The third kappa shape index (κ3) is 4.41. The van der Waals surface area contributed by atoms with E-state index in [2.05, 4.69) is 48.1 Å². The zero-order valence-electron chi connectivity index (χ0n) is 18.4. The summed E-state index contributed by atoms with van der Waals surface area (Å²) in [5, 5.41) is 8.09. The Bertz CT molecular complexity index is 1090. The van der Waals surface area contributed by atoms with Crippen molar-refractivity contribution in [2.24, 2.45) is 0 Å². The van der Waals surface area contributed by atoms with Gasteiger partial charge >= 0.3 is 0 Å². The van der Waals surface area contributed by atoms with E-state index in [-0.39, 0.29) is 17.0 Å². The summed E-state index contributed by atoms with van der Waals surface area (Å²) in [6.07, 6.45) is 0. The molecule has 0 aliphatic carbocycles. The second-order valence-corrected chi connectivity index (χ2v) is 9.80. The van der Waals surface area contributed by atoms with Crippen molar-refractivity contribution >= 4 is 23.3 Å². The van der Waals surface area contributed by atoms with Crippen LogP contribution in [-0.2, 0) is 5.41 Å². The molecule has 30 heavy (non-hydrogen) atoms. The maximum Gasteiger partial charge on any atom is 0.277 e. The lowest BCUT2D eigenvalue weighted by molar-refractivity contribution is 0.0988. The molecule has 1 aromatic carbocycles. The SMILES string of the molecule is CC(=O)c1c(C)[nH]c(C(=O)[C@H](C)Sc2nnc(-c3ccc(C(C)(C)C)cc3)o2)c1C. The number of carbonyl (C=O) groups excluding carboxylic acids is 2. The van der Waals surface area contributed by atoms with Gasteiger partial charge in [-0.15, -0.1) is 10.2 Å². The zero-order valence-corrected chi connectivity index (χ0v) is 19.2. The molecule has 0 unspecified atom stereocenters. The highest BCUT2D eigenvalue weighted by Gasteiger charge is 2.26. The Morgan fingerprint density at radius 3 is 2.27 bits per heavy atom. The molecule has 0 amide bonds. The number of carbonyl (C=O) groups is 2. The smallest absolute Gasteiger partial charge is 0.277 e. The van der Waals surface area contributed by atoms with Crippen LogP contribution in [0.4, 0.5) is 0 Å². The standard InChI is InChI=1S/C23H27N3O3S/c1-12-18(14(3)27)13(2)24-19(12)20(28)15(4)30-22-26-25-21(29-22)16-8-10-17(11-9-16)23(5,6)7/h8-11,15,24H,1-7H3/t15-/m0/s1. The molecule has 158 valence electrons. The van der Waals surface area contributed by atoms with Crippen molar-refractivity contribution < 1.29 is 14.0 Å². The van der Waals surface area contributed by atoms with E-state index < -0.39 is 5.25 Å². The van der Waals surface area contributed by atoms with Crippen LogP contribution in [-0.4, -0.2) is 32.0 Å². The van der Waals surface area contributed by atoms with Gasteiger partial charge in [-0.1, -0.05) is 44.7 Å². The summed E-state index contributed by atoms with van der Waals surface area (Å²) in [5.41, 5.74) is 4.55. The highest BCUT2D eigenvalue weighted by molar-refractivity contribution is 8.00. The molecule has 0 aliphatic rings. The fourth-order valence-electron chi connectivity index (χ4n) is 3.42. The first-order chi connectivity index (χ1) is 14.0. The van der Waals surface area contributed by atoms with Crippen molar-refractivity contribution in [3.8, 4) is 11.5 Å². The second kappa shape index (κ2) is 8.22. The third-order valence-electron chi connectivity index (χ3n) is 5.09. The first kappa shape index (κ1) is 22.0. The molecule has 0 aliphatic heterocycles. The van der Waals surface area contributed by atoms with E-state index in [0.29, 0.717) is 33.6 Å². The summed E-state index contributed by atoms with van der Waals surface area (Å²) in [7, 11) is 0. The normalized spacial score (nSPS) is 12.8. The molecule has 7 heteroatoms. The lowest BCUT2D eigenvalue weighted by Crippen LogP contribution is -2.15. The van der Waals surface area contributed by atoms with Gasteiger partial charge in [0.1, 0.15) is 0 Å². The van der Waals surface area contributed by atoms with Crippen molar-refractivity contribution in [3.63, 3.8) is 0 Å². The number of H-pyrrole nitrogens is 1. The summed E-state index contributed by atoms with van der Waals surface area (Å²) < 4.78 is 5.77. The van der Waals surface area contributed by atoms with Crippen LogP contribution in [0.15, 0.2) is 33.9 Å². The van der Waals surface area contributed by atoms with Crippen molar-refractivity contribution in [3.05, 3.63) is 52.3 Å². The summed E-state index contributed by atoms with van der Waals surface area (Å²) in [6, 6.07) is 8.04. The van der Waals surface area contributed by atoms with Crippen LogP contribution in [0, 0.1) is 13.8 Å². The fraction of sp³-hybridized carbons (Fsp3) is 0.391. The number of aromatic nitrogens is 3. The predicted octanol–water partition coefficient (Wildman–Crippen LogP) is 5.55. The number of nitrogens with zero attached hydrogens (tertiary/aromatic N) is 2. The Balaban J connectivity index is 1.75. The minimum atomic E-state index is -0.446. The number of Topliss-reactive ketones (excluding diaryl/α,β-unsaturated/α-hetero) is 2. The lowest BCUT2D eigenvalue weighted by atomic mass is 9.87. The van der Waals surface area contributed by atoms with Crippen LogP contribution in [0.3, 0.4) is 0 Å². The van der Waals surface area contributed by atoms with E-state index in [0.717, 1.165) is 5.56 Å². The first-order valence-electron chi connectivity index (χ1n) is 9.84. The van der Waals surface area contributed by atoms with E-state index in [1.807, 2.05) is 12.1 Å². The van der Waals surface area contributed by atoms with Gasteiger partial charge in [0.2, 0.25) is 5.89 Å². The molecule has 0 bridgehead atoms. The van der Waals surface area contributed by atoms with Gasteiger partial charge in [-0.2, -0.15) is 0 Å². The number of hydrogen-bond acceptors (Lipinski definition) is 6. The molecule has 0 spiro atoms. The number of benzene rings is 1. The molecule has 3 aromatic rings. The van der Waals surface area contributed by atoms with Gasteiger partial charge in [-0.3, -0.25) is 9.59 Å². The van der Waals surface area contributed by atoms with E-state index in [1.165, 1.54) is 24.2 Å². The van der Waals surface area contributed by atoms with Crippen LogP contribution in [0.25, 0.3) is 11.5 Å². The summed E-state index contributed by atoms with van der Waals surface area (Å²) in [6.45, 7) is 13.4. The van der Waals surface area contributed by atoms with E-state index >= 15 is 0 Å². The van der Waals surface area contributed by atoms with Gasteiger partial charge in [0.25, 0.3) is 5.22 Å². The Morgan fingerprint density at radius 1 is 1.10 bits per heavy atom. The lowest BCUT2D eigenvalue weighted by Gasteiger charge is -2.18. The Labute approximate surface area is 180 Å². The average molecular weight is 426 g/mol. The molecule has 2 aromatic heterocycles. The van der Waals surface area contributed by atoms with Crippen molar-refractivity contribution in [2.75, 3.05) is 0 Å². The molecule has 1 atom stereocenters. The molecule has 2 heterocycles. The second-order valence-electron chi connectivity index (χ2n) is 8.51.